The van der Waals surface area contributed by atoms with Gasteiger partial charge in [0.05, 0.1) is 5.41 Å². The van der Waals surface area contributed by atoms with Gasteiger partial charge in [-0.1, -0.05) is 29.3 Å². The zero-order chi connectivity index (χ0) is 13.2. The second-order valence-electron chi connectivity index (χ2n) is 4.78. The number of hydrogen-bond acceptors (Lipinski definition) is 2. The first-order valence-electron chi connectivity index (χ1n) is 5.92. The lowest BCUT2D eigenvalue weighted by molar-refractivity contribution is -0.150. The Labute approximate surface area is 116 Å². The molecule has 0 bridgehead atoms. The van der Waals surface area contributed by atoms with Gasteiger partial charge in [-0.25, -0.2) is 0 Å². The van der Waals surface area contributed by atoms with Crippen molar-refractivity contribution in [2.75, 3.05) is 13.1 Å². The van der Waals surface area contributed by atoms with E-state index in [0.717, 1.165) is 18.5 Å². The average Bonchev–Trinajstić information content (AvgIpc) is 2.34. The maximum absolute atomic E-state index is 11.5. The summed E-state index contributed by atoms with van der Waals surface area (Å²) in [5, 5.41) is 13.7. The zero-order valence-electron chi connectivity index (χ0n) is 9.88. The number of aliphatic carboxylic acids is 1. The van der Waals surface area contributed by atoms with E-state index >= 15 is 0 Å². The van der Waals surface area contributed by atoms with Crippen LogP contribution in [0.15, 0.2) is 18.2 Å². The monoisotopic (exact) mass is 287 g/mol. The van der Waals surface area contributed by atoms with Crippen molar-refractivity contribution in [3.05, 3.63) is 33.8 Å². The molecule has 5 heteroatoms. The Morgan fingerprint density at radius 3 is 2.78 bits per heavy atom. The molecule has 2 N–H and O–H groups in total. The zero-order valence-corrected chi connectivity index (χ0v) is 11.4. The van der Waals surface area contributed by atoms with E-state index in [9.17, 15) is 9.90 Å². The minimum Gasteiger partial charge on any atom is -0.481 e. The summed E-state index contributed by atoms with van der Waals surface area (Å²) in [6.07, 6.45) is 1.98. The van der Waals surface area contributed by atoms with E-state index in [0.29, 0.717) is 29.4 Å². The van der Waals surface area contributed by atoms with Crippen LogP contribution < -0.4 is 5.32 Å². The van der Waals surface area contributed by atoms with Gasteiger partial charge < -0.3 is 10.4 Å². The Morgan fingerprint density at radius 1 is 1.44 bits per heavy atom. The van der Waals surface area contributed by atoms with E-state index in [1.807, 2.05) is 6.07 Å². The van der Waals surface area contributed by atoms with Gasteiger partial charge >= 0.3 is 5.97 Å². The Bertz CT molecular complexity index is 456. The highest BCUT2D eigenvalue weighted by Crippen LogP contribution is 2.34. The molecular formula is C13H15Cl2NO2. The number of halogens is 2. The van der Waals surface area contributed by atoms with E-state index in [1.54, 1.807) is 12.1 Å². The van der Waals surface area contributed by atoms with Crippen LogP contribution in [0.5, 0.6) is 0 Å². The maximum atomic E-state index is 11.5. The van der Waals surface area contributed by atoms with Gasteiger partial charge in [0.2, 0.25) is 0 Å². The number of rotatable bonds is 3. The molecule has 98 valence electrons. The first-order chi connectivity index (χ1) is 8.53. The number of hydrogen-bond donors (Lipinski definition) is 2. The van der Waals surface area contributed by atoms with Gasteiger partial charge in [-0.2, -0.15) is 0 Å². The molecule has 1 fully saturated rings. The van der Waals surface area contributed by atoms with Gasteiger partial charge in [0.25, 0.3) is 0 Å². The van der Waals surface area contributed by atoms with Crippen molar-refractivity contribution in [3.8, 4) is 0 Å². The topological polar surface area (TPSA) is 49.3 Å². The molecule has 0 aromatic heterocycles. The highest BCUT2D eigenvalue weighted by molar-refractivity contribution is 6.35. The number of nitrogens with one attached hydrogen (secondary N) is 1. The van der Waals surface area contributed by atoms with Crippen LogP contribution in [-0.2, 0) is 11.2 Å². The fraction of sp³-hybridized carbons (Fsp3) is 0.462. The fourth-order valence-corrected chi connectivity index (χ4v) is 2.88. The summed E-state index contributed by atoms with van der Waals surface area (Å²) in [4.78, 5) is 11.5. The molecule has 1 aliphatic rings. The number of carboxylic acids is 1. The maximum Gasteiger partial charge on any atom is 0.311 e. The van der Waals surface area contributed by atoms with E-state index < -0.39 is 11.4 Å². The van der Waals surface area contributed by atoms with Crippen molar-refractivity contribution in [3.63, 3.8) is 0 Å². The van der Waals surface area contributed by atoms with Gasteiger partial charge in [-0.05, 0) is 43.5 Å². The van der Waals surface area contributed by atoms with Crippen LogP contribution in [-0.4, -0.2) is 24.2 Å². The SMILES string of the molecule is O=C(O)C1(Cc2ccc(Cl)cc2Cl)CCCNC1. The third kappa shape index (κ3) is 2.79. The standard InChI is InChI=1S/C13H15Cl2NO2/c14-10-3-2-9(11(15)6-10)7-13(12(17)18)4-1-5-16-8-13/h2-3,6,16H,1,4-5,7-8H2,(H,17,18). The van der Waals surface area contributed by atoms with Crippen LogP contribution >= 0.6 is 23.2 Å². The van der Waals surface area contributed by atoms with Crippen LogP contribution in [0.2, 0.25) is 10.0 Å². The minimum absolute atomic E-state index is 0.436. The summed E-state index contributed by atoms with van der Waals surface area (Å²) < 4.78 is 0. The van der Waals surface area contributed by atoms with Crippen LogP contribution in [0, 0.1) is 5.41 Å². The molecule has 0 amide bonds. The van der Waals surface area contributed by atoms with E-state index in [4.69, 9.17) is 23.2 Å². The summed E-state index contributed by atoms with van der Waals surface area (Å²) in [6.45, 7) is 1.37. The molecule has 0 aliphatic carbocycles. The molecule has 1 aromatic carbocycles. The molecule has 0 saturated carbocycles. The van der Waals surface area contributed by atoms with Gasteiger partial charge in [-0.15, -0.1) is 0 Å². The lowest BCUT2D eigenvalue weighted by Crippen LogP contribution is -2.47. The third-order valence-electron chi connectivity index (χ3n) is 3.47. The van der Waals surface area contributed by atoms with E-state index in [1.165, 1.54) is 0 Å². The Hall–Kier alpha value is -0.770. The predicted octanol–water partition coefficient (Wildman–Crippen LogP) is 2.99. The summed E-state index contributed by atoms with van der Waals surface area (Å²) in [7, 11) is 0. The lowest BCUT2D eigenvalue weighted by atomic mass is 9.76. The molecule has 3 nitrogen and oxygen atoms in total. The van der Waals surface area contributed by atoms with Gasteiger partial charge in [0, 0.05) is 16.6 Å². The van der Waals surface area contributed by atoms with E-state index in [-0.39, 0.29) is 0 Å². The van der Waals surface area contributed by atoms with Crippen LogP contribution in [0.4, 0.5) is 0 Å². The molecule has 2 rings (SSSR count). The van der Waals surface area contributed by atoms with Crippen molar-refractivity contribution < 1.29 is 9.90 Å². The van der Waals surface area contributed by atoms with Crippen molar-refractivity contribution in [1.82, 2.24) is 5.32 Å². The molecule has 0 radical (unpaired) electrons. The number of carbonyl (C=O) groups is 1. The van der Waals surface area contributed by atoms with Crippen molar-refractivity contribution in [2.45, 2.75) is 19.3 Å². The Kier molecular flexibility index (Phi) is 4.15. The first kappa shape index (κ1) is 13.7. The quantitative estimate of drug-likeness (QED) is 0.899. The fourth-order valence-electron chi connectivity index (χ4n) is 2.41. The highest BCUT2D eigenvalue weighted by Gasteiger charge is 2.40. The summed E-state index contributed by atoms with van der Waals surface area (Å²) in [5.41, 5.74) is 0.0857. The second kappa shape index (κ2) is 5.47. The van der Waals surface area contributed by atoms with Crippen molar-refractivity contribution in [1.29, 1.82) is 0 Å². The highest BCUT2D eigenvalue weighted by atomic mass is 35.5. The molecule has 18 heavy (non-hydrogen) atoms. The molecule has 1 heterocycles. The van der Waals surface area contributed by atoms with Crippen molar-refractivity contribution >= 4 is 29.2 Å². The Morgan fingerprint density at radius 2 is 2.22 bits per heavy atom. The van der Waals surface area contributed by atoms with Gasteiger partial charge in [-0.3, -0.25) is 4.79 Å². The number of piperidine rings is 1. The third-order valence-corrected chi connectivity index (χ3v) is 4.06. The second-order valence-corrected chi connectivity index (χ2v) is 5.62. The van der Waals surface area contributed by atoms with Gasteiger partial charge in [0.15, 0.2) is 0 Å². The normalized spacial score (nSPS) is 23.9. The summed E-state index contributed by atoms with van der Waals surface area (Å²) in [6, 6.07) is 5.21. The first-order valence-corrected chi connectivity index (χ1v) is 6.67. The molecule has 1 unspecified atom stereocenters. The molecule has 1 saturated heterocycles. The predicted molar refractivity (Wildman–Crippen MR) is 72.3 cm³/mol. The smallest absolute Gasteiger partial charge is 0.311 e. The molecule has 1 aromatic rings. The van der Waals surface area contributed by atoms with E-state index in [2.05, 4.69) is 5.32 Å². The van der Waals surface area contributed by atoms with Gasteiger partial charge in [0.1, 0.15) is 0 Å². The largest absolute Gasteiger partial charge is 0.481 e. The molecular weight excluding hydrogens is 273 g/mol. The minimum atomic E-state index is -0.763. The molecule has 1 atom stereocenters. The van der Waals surface area contributed by atoms with Crippen LogP contribution in [0.25, 0.3) is 0 Å². The summed E-state index contributed by atoms with van der Waals surface area (Å²) in [5.74, 6) is -0.763. The number of benzene rings is 1. The lowest BCUT2D eigenvalue weighted by Gasteiger charge is -2.34. The summed E-state index contributed by atoms with van der Waals surface area (Å²) >= 11 is 12.0. The molecule has 0 spiro atoms. The van der Waals surface area contributed by atoms with Crippen LogP contribution in [0.1, 0.15) is 18.4 Å². The van der Waals surface area contributed by atoms with Crippen molar-refractivity contribution in [2.24, 2.45) is 5.41 Å². The average molecular weight is 288 g/mol. The molecule has 1 aliphatic heterocycles. The van der Waals surface area contributed by atoms with Crippen LogP contribution in [0.3, 0.4) is 0 Å². The Balaban J connectivity index is 2.26. The number of carboxylic acid groups (broad SMARTS) is 1.